The van der Waals surface area contributed by atoms with E-state index in [4.69, 9.17) is 5.84 Å². The van der Waals surface area contributed by atoms with Gasteiger partial charge in [0.15, 0.2) is 0 Å². The normalized spacial score (nSPS) is 12.7. The molecule has 0 saturated carbocycles. The number of halogens is 1. The van der Waals surface area contributed by atoms with Gasteiger partial charge in [-0.3, -0.25) is 10.8 Å². The van der Waals surface area contributed by atoms with Crippen LogP contribution in [-0.4, -0.2) is 4.98 Å². The molecule has 5 heteroatoms. The summed E-state index contributed by atoms with van der Waals surface area (Å²) in [6, 6.07) is 3.94. The van der Waals surface area contributed by atoms with Gasteiger partial charge in [-0.05, 0) is 45.9 Å². The third-order valence-corrected chi connectivity index (χ3v) is 4.10. The molecule has 84 valence electrons. The maximum absolute atomic E-state index is 5.61. The van der Waals surface area contributed by atoms with Gasteiger partial charge in [0.05, 0.1) is 11.7 Å². The van der Waals surface area contributed by atoms with Crippen LogP contribution < -0.4 is 11.3 Å². The molecule has 2 rings (SSSR count). The van der Waals surface area contributed by atoms with Crippen molar-refractivity contribution in [3.63, 3.8) is 0 Å². The van der Waals surface area contributed by atoms with E-state index in [1.54, 1.807) is 17.5 Å². The summed E-state index contributed by atoms with van der Waals surface area (Å²) in [5, 5.41) is 4.11. The van der Waals surface area contributed by atoms with E-state index in [0.29, 0.717) is 0 Å². The predicted molar refractivity (Wildman–Crippen MR) is 70.2 cm³/mol. The van der Waals surface area contributed by atoms with Crippen molar-refractivity contribution in [2.24, 2.45) is 5.84 Å². The van der Waals surface area contributed by atoms with E-state index in [0.717, 1.165) is 15.7 Å². The highest BCUT2D eigenvalue weighted by Gasteiger charge is 2.17. The summed E-state index contributed by atoms with van der Waals surface area (Å²) < 4.78 is 1.06. The van der Waals surface area contributed by atoms with Gasteiger partial charge in [0.1, 0.15) is 0 Å². The van der Waals surface area contributed by atoms with E-state index < -0.39 is 0 Å². The fourth-order valence-corrected chi connectivity index (χ4v) is 3.10. The van der Waals surface area contributed by atoms with Crippen LogP contribution in [0.3, 0.4) is 0 Å². The van der Waals surface area contributed by atoms with Crippen molar-refractivity contribution in [3.05, 3.63) is 50.4 Å². The average Bonchev–Trinajstić information content (AvgIpc) is 2.67. The molecule has 0 aliphatic heterocycles. The lowest BCUT2D eigenvalue weighted by molar-refractivity contribution is 0.620. The Morgan fingerprint density at radius 3 is 2.88 bits per heavy atom. The number of pyridine rings is 1. The summed E-state index contributed by atoms with van der Waals surface area (Å²) in [6.07, 6.45) is 1.80. The molecule has 0 aliphatic rings. The molecule has 0 aromatic carbocycles. The number of aromatic nitrogens is 1. The molecule has 0 bridgehead atoms. The number of rotatable bonds is 3. The molecular weight excluding hydrogens is 286 g/mol. The molecule has 0 aliphatic carbocycles. The number of thiophene rings is 1. The second kappa shape index (κ2) is 5.05. The van der Waals surface area contributed by atoms with Crippen LogP contribution in [0.4, 0.5) is 0 Å². The lowest BCUT2D eigenvalue weighted by atomic mass is 10.1. The van der Waals surface area contributed by atoms with Gasteiger partial charge in [0.25, 0.3) is 0 Å². The van der Waals surface area contributed by atoms with Crippen molar-refractivity contribution in [1.29, 1.82) is 0 Å². The zero-order chi connectivity index (χ0) is 11.5. The quantitative estimate of drug-likeness (QED) is 0.677. The molecule has 2 heterocycles. The van der Waals surface area contributed by atoms with Gasteiger partial charge in [-0.15, -0.1) is 0 Å². The Labute approximate surface area is 107 Å². The monoisotopic (exact) mass is 297 g/mol. The molecule has 0 fully saturated rings. The van der Waals surface area contributed by atoms with Crippen LogP contribution in [-0.2, 0) is 0 Å². The van der Waals surface area contributed by atoms with Crippen LogP contribution in [0.5, 0.6) is 0 Å². The van der Waals surface area contributed by atoms with Gasteiger partial charge in [0, 0.05) is 21.6 Å². The molecule has 2 aromatic rings. The Kier molecular flexibility index (Phi) is 3.70. The maximum atomic E-state index is 5.61. The first-order valence-electron chi connectivity index (χ1n) is 4.82. The fraction of sp³-hybridized carbons (Fsp3) is 0.182. The van der Waals surface area contributed by atoms with E-state index in [2.05, 4.69) is 31.7 Å². The lowest BCUT2D eigenvalue weighted by Crippen LogP contribution is -2.29. The molecule has 0 spiro atoms. The number of hydrogen-bond acceptors (Lipinski definition) is 4. The molecule has 2 aromatic heterocycles. The largest absolute Gasteiger partial charge is 0.271 e. The second-order valence-corrected chi connectivity index (χ2v) is 5.13. The van der Waals surface area contributed by atoms with Crippen LogP contribution >= 0.6 is 27.3 Å². The minimum Gasteiger partial charge on any atom is -0.271 e. The van der Waals surface area contributed by atoms with Crippen LogP contribution in [0.25, 0.3) is 0 Å². The van der Waals surface area contributed by atoms with Crippen molar-refractivity contribution >= 4 is 27.3 Å². The molecule has 1 unspecified atom stereocenters. The average molecular weight is 298 g/mol. The number of nitrogens with two attached hydrogens (primary N) is 1. The summed E-state index contributed by atoms with van der Waals surface area (Å²) in [7, 11) is 0. The number of hydrogen-bond donors (Lipinski definition) is 2. The van der Waals surface area contributed by atoms with Gasteiger partial charge >= 0.3 is 0 Å². The molecule has 0 saturated heterocycles. The molecule has 16 heavy (non-hydrogen) atoms. The standard InChI is InChI=1S/C11H12BrN3S/c1-7-2-3-14-10(4-7)11(15-13)8-5-16-6-9(8)12/h2-6,11,15H,13H2,1H3. The van der Waals surface area contributed by atoms with E-state index in [1.165, 1.54) is 5.56 Å². The Morgan fingerprint density at radius 2 is 2.31 bits per heavy atom. The molecular formula is C11H12BrN3S. The van der Waals surface area contributed by atoms with Gasteiger partial charge < -0.3 is 0 Å². The van der Waals surface area contributed by atoms with Crippen LogP contribution in [0.15, 0.2) is 33.6 Å². The van der Waals surface area contributed by atoms with E-state index in [1.807, 2.05) is 24.4 Å². The highest BCUT2D eigenvalue weighted by molar-refractivity contribution is 9.10. The topological polar surface area (TPSA) is 50.9 Å². The van der Waals surface area contributed by atoms with E-state index >= 15 is 0 Å². The van der Waals surface area contributed by atoms with Crippen molar-refractivity contribution in [2.75, 3.05) is 0 Å². The van der Waals surface area contributed by atoms with Crippen LogP contribution in [0, 0.1) is 6.92 Å². The molecule has 0 radical (unpaired) electrons. The van der Waals surface area contributed by atoms with Crippen LogP contribution in [0.1, 0.15) is 22.9 Å². The Morgan fingerprint density at radius 1 is 1.50 bits per heavy atom. The highest BCUT2D eigenvalue weighted by Crippen LogP contribution is 2.30. The van der Waals surface area contributed by atoms with Crippen LogP contribution in [0.2, 0.25) is 0 Å². The third kappa shape index (κ3) is 2.32. The number of aryl methyl sites for hydroxylation is 1. The Hall–Kier alpha value is -0.750. The summed E-state index contributed by atoms with van der Waals surface area (Å²) in [4.78, 5) is 4.35. The molecule has 0 amide bonds. The first kappa shape index (κ1) is 11.7. The summed E-state index contributed by atoms with van der Waals surface area (Å²) in [5.41, 5.74) is 6.03. The number of nitrogens with one attached hydrogen (secondary N) is 1. The second-order valence-electron chi connectivity index (χ2n) is 3.53. The third-order valence-electron chi connectivity index (χ3n) is 2.35. The SMILES string of the molecule is Cc1ccnc(C(NN)c2cscc2Br)c1. The summed E-state index contributed by atoms with van der Waals surface area (Å²) in [5.74, 6) is 5.61. The van der Waals surface area contributed by atoms with Crippen molar-refractivity contribution in [3.8, 4) is 0 Å². The molecule has 3 nitrogen and oxygen atoms in total. The zero-order valence-electron chi connectivity index (χ0n) is 8.77. The summed E-state index contributed by atoms with van der Waals surface area (Å²) >= 11 is 5.15. The van der Waals surface area contributed by atoms with Gasteiger partial charge in [-0.25, -0.2) is 5.43 Å². The Balaban J connectivity index is 2.40. The van der Waals surface area contributed by atoms with Gasteiger partial charge in [-0.2, -0.15) is 11.3 Å². The minimum absolute atomic E-state index is 0.0690. The van der Waals surface area contributed by atoms with Gasteiger partial charge in [0.2, 0.25) is 0 Å². The van der Waals surface area contributed by atoms with Gasteiger partial charge in [-0.1, -0.05) is 0 Å². The predicted octanol–water partition coefficient (Wildman–Crippen LogP) is 2.77. The minimum atomic E-state index is -0.0690. The van der Waals surface area contributed by atoms with E-state index in [9.17, 15) is 0 Å². The van der Waals surface area contributed by atoms with E-state index in [-0.39, 0.29) is 6.04 Å². The Bertz CT molecular complexity index is 484. The van der Waals surface area contributed by atoms with Crippen molar-refractivity contribution in [1.82, 2.24) is 10.4 Å². The summed E-state index contributed by atoms with van der Waals surface area (Å²) in [6.45, 7) is 2.04. The fourth-order valence-electron chi connectivity index (χ4n) is 1.55. The highest BCUT2D eigenvalue weighted by atomic mass is 79.9. The van der Waals surface area contributed by atoms with Crippen molar-refractivity contribution in [2.45, 2.75) is 13.0 Å². The molecule has 1 atom stereocenters. The molecule has 3 N–H and O–H groups in total. The number of nitrogens with zero attached hydrogens (tertiary/aromatic N) is 1. The maximum Gasteiger partial charge on any atom is 0.0900 e. The lowest BCUT2D eigenvalue weighted by Gasteiger charge is -2.15. The first-order chi connectivity index (χ1) is 7.72. The smallest absolute Gasteiger partial charge is 0.0900 e. The first-order valence-corrected chi connectivity index (χ1v) is 6.56. The van der Waals surface area contributed by atoms with Crippen molar-refractivity contribution < 1.29 is 0 Å². The zero-order valence-corrected chi connectivity index (χ0v) is 11.2. The number of hydrazine groups is 1.